The molecule has 2 heterocycles. The molecule has 0 N–H and O–H groups in total. The van der Waals surface area contributed by atoms with Crippen molar-refractivity contribution in [3.05, 3.63) is 59.9 Å². The first-order valence-electron chi connectivity index (χ1n) is 6.73. The van der Waals surface area contributed by atoms with Gasteiger partial charge >= 0.3 is 0 Å². The minimum atomic E-state index is 0.369. The lowest BCUT2D eigenvalue weighted by Gasteiger charge is -2.07. The lowest BCUT2D eigenvalue weighted by Crippen LogP contribution is -1.90. The second-order valence-corrected chi connectivity index (χ2v) is 4.99. The number of rotatable bonds is 0. The number of benzene rings is 2. The normalized spacial score (nSPS) is 10.6. The van der Waals surface area contributed by atoms with Crippen molar-refractivity contribution in [2.75, 3.05) is 0 Å². The van der Waals surface area contributed by atoms with Gasteiger partial charge in [0.25, 0.3) is 0 Å². The van der Waals surface area contributed by atoms with E-state index in [9.17, 15) is 0 Å². The van der Waals surface area contributed by atoms with Gasteiger partial charge in [-0.05, 0) is 29.7 Å². The molecule has 0 aliphatic heterocycles. The molecule has 0 unspecified atom stereocenters. The number of fused-ring (bicyclic) bond motifs is 5. The van der Waals surface area contributed by atoms with Gasteiger partial charge in [-0.15, -0.1) is 0 Å². The van der Waals surface area contributed by atoms with Crippen LogP contribution in [0.1, 0.15) is 11.4 Å². The zero-order valence-electron chi connectivity index (χ0n) is 11.4. The van der Waals surface area contributed by atoms with E-state index in [4.69, 9.17) is 10.5 Å². The third-order valence-electron chi connectivity index (χ3n) is 3.73. The second kappa shape index (κ2) is 4.51. The minimum absolute atomic E-state index is 0.369. The molecular weight excluding hydrogens is 272 g/mol. The van der Waals surface area contributed by atoms with Crippen molar-refractivity contribution in [2.45, 2.75) is 0 Å². The molecule has 100 valence electrons. The first kappa shape index (κ1) is 12.3. The third kappa shape index (κ3) is 1.69. The molecule has 0 radical (unpaired) electrons. The minimum Gasteiger partial charge on any atom is -0.236 e. The van der Waals surface area contributed by atoms with E-state index in [2.05, 4.69) is 22.1 Å². The number of pyridine rings is 2. The van der Waals surface area contributed by atoms with Crippen LogP contribution in [0.25, 0.3) is 32.6 Å². The van der Waals surface area contributed by atoms with Crippen LogP contribution in [0.5, 0.6) is 0 Å². The fraction of sp³-hybridized carbons (Fsp3) is 0. The van der Waals surface area contributed by atoms with Crippen LogP contribution in [0.15, 0.2) is 48.5 Å². The molecule has 2 aromatic carbocycles. The molecule has 0 fully saturated rings. The zero-order valence-corrected chi connectivity index (χ0v) is 11.4. The number of aromatic nitrogens is 2. The Labute approximate surface area is 125 Å². The Morgan fingerprint density at radius 2 is 1.00 bits per heavy atom. The van der Waals surface area contributed by atoms with E-state index in [1.54, 1.807) is 12.1 Å². The molecule has 0 spiro atoms. The van der Waals surface area contributed by atoms with Gasteiger partial charge in [-0.1, -0.05) is 24.3 Å². The summed E-state index contributed by atoms with van der Waals surface area (Å²) in [6.45, 7) is 0. The lowest BCUT2D eigenvalue weighted by molar-refractivity contribution is 1.32. The summed E-state index contributed by atoms with van der Waals surface area (Å²) in [7, 11) is 0. The Morgan fingerprint density at radius 3 is 1.45 bits per heavy atom. The fourth-order valence-corrected chi connectivity index (χ4v) is 2.70. The van der Waals surface area contributed by atoms with E-state index in [0.717, 1.165) is 32.6 Å². The molecule has 0 amide bonds. The van der Waals surface area contributed by atoms with E-state index in [1.165, 1.54) is 0 Å². The maximum Gasteiger partial charge on any atom is 0.141 e. The van der Waals surface area contributed by atoms with Crippen molar-refractivity contribution >= 4 is 32.6 Å². The Kier molecular flexibility index (Phi) is 2.51. The number of hydrogen-bond acceptors (Lipinski definition) is 4. The maximum absolute atomic E-state index is 9.09. The van der Waals surface area contributed by atoms with E-state index < -0.39 is 0 Å². The van der Waals surface area contributed by atoms with Gasteiger partial charge in [-0.25, -0.2) is 9.97 Å². The van der Waals surface area contributed by atoms with Crippen molar-refractivity contribution in [2.24, 2.45) is 0 Å². The second-order valence-electron chi connectivity index (χ2n) is 4.99. The summed E-state index contributed by atoms with van der Waals surface area (Å²) in [6, 6.07) is 19.3. The molecular formula is C18H8N4. The first-order valence-corrected chi connectivity index (χ1v) is 6.73. The van der Waals surface area contributed by atoms with Crippen LogP contribution in [-0.2, 0) is 0 Å². The van der Waals surface area contributed by atoms with Crippen LogP contribution in [0.4, 0.5) is 0 Å². The van der Waals surface area contributed by atoms with E-state index in [0.29, 0.717) is 11.4 Å². The quantitative estimate of drug-likeness (QED) is 0.460. The van der Waals surface area contributed by atoms with Crippen LogP contribution in [-0.4, -0.2) is 9.97 Å². The molecule has 0 atom stereocenters. The molecule has 0 saturated heterocycles. The Bertz CT molecular complexity index is 1060. The smallest absolute Gasteiger partial charge is 0.141 e. The van der Waals surface area contributed by atoms with E-state index in [-0.39, 0.29) is 0 Å². The lowest BCUT2D eigenvalue weighted by atomic mass is 10.0. The SMILES string of the molecule is N#Cc1ccc2ccc3ccc4ccc(C#N)nc4c3c2n1. The van der Waals surface area contributed by atoms with Crippen LogP contribution in [0, 0.1) is 22.7 Å². The van der Waals surface area contributed by atoms with Crippen molar-refractivity contribution in [1.82, 2.24) is 9.97 Å². The van der Waals surface area contributed by atoms with E-state index >= 15 is 0 Å². The Balaban J connectivity index is 2.30. The standard InChI is InChI=1S/C18H8N4/c19-9-14-7-5-12-3-1-11-2-4-13-6-8-15(10-20)22-18(13)16(11)17(12)21-14/h1-8H. The predicted octanol–water partition coefficient (Wildman–Crippen LogP) is 3.68. The van der Waals surface area contributed by atoms with Gasteiger partial charge in [0.1, 0.15) is 23.5 Å². The number of nitriles is 2. The molecule has 0 saturated carbocycles. The van der Waals surface area contributed by atoms with E-state index in [1.807, 2.05) is 36.4 Å². The summed E-state index contributed by atoms with van der Waals surface area (Å²) in [5, 5.41) is 22.0. The van der Waals surface area contributed by atoms with Gasteiger partial charge in [-0.3, -0.25) is 0 Å². The molecule has 4 aromatic rings. The van der Waals surface area contributed by atoms with Crippen molar-refractivity contribution in [1.29, 1.82) is 10.5 Å². The number of nitrogens with zero attached hydrogens (tertiary/aromatic N) is 4. The molecule has 0 aliphatic carbocycles. The predicted molar refractivity (Wildman–Crippen MR) is 84.0 cm³/mol. The molecule has 4 rings (SSSR count). The Hall–Kier alpha value is -3.50. The highest BCUT2D eigenvalue weighted by molar-refractivity contribution is 6.17. The summed E-state index contributed by atoms with van der Waals surface area (Å²) in [4.78, 5) is 8.89. The summed E-state index contributed by atoms with van der Waals surface area (Å²) >= 11 is 0. The third-order valence-corrected chi connectivity index (χ3v) is 3.73. The summed E-state index contributed by atoms with van der Waals surface area (Å²) in [5.74, 6) is 0. The van der Waals surface area contributed by atoms with Crippen molar-refractivity contribution in [3.8, 4) is 12.1 Å². The van der Waals surface area contributed by atoms with Crippen LogP contribution >= 0.6 is 0 Å². The van der Waals surface area contributed by atoms with Gasteiger partial charge in [0.05, 0.1) is 11.0 Å². The molecule has 4 nitrogen and oxygen atoms in total. The largest absolute Gasteiger partial charge is 0.236 e. The average Bonchev–Trinajstić information content (AvgIpc) is 2.59. The topological polar surface area (TPSA) is 73.4 Å². The van der Waals surface area contributed by atoms with Crippen LogP contribution in [0.2, 0.25) is 0 Å². The highest BCUT2D eigenvalue weighted by atomic mass is 14.7. The van der Waals surface area contributed by atoms with Gasteiger partial charge in [0.15, 0.2) is 0 Å². The maximum atomic E-state index is 9.09. The van der Waals surface area contributed by atoms with Crippen molar-refractivity contribution in [3.63, 3.8) is 0 Å². The van der Waals surface area contributed by atoms with Gasteiger partial charge in [0, 0.05) is 16.2 Å². The van der Waals surface area contributed by atoms with Gasteiger partial charge in [0.2, 0.25) is 0 Å². The molecule has 22 heavy (non-hydrogen) atoms. The highest BCUT2D eigenvalue weighted by Crippen LogP contribution is 2.30. The summed E-state index contributed by atoms with van der Waals surface area (Å²) in [5.41, 5.74) is 2.22. The fourth-order valence-electron chi connectivity index (χ4n) is 2.70. The number of hydrogen-bond donors (Lipinski definition) is 0. The Morgan fingerprint density at radius 1 is 0.591 bits per heavy atom. The van der Waals surface area contributed by atoms with Crippen LogP contribution in [0.3, 0.4) is 0 Å². The average molecular weight is 280 g/mol. The molecule has 4 heteroatoms. The van der Waals surface area contributed by atoms with Crippen molar-refractivity contribution < 1.29 is 0 Å². The monoisotopic (exact) mass is 280 g/mol. The van der Waals surface area contributed by atoms with Gasteiger partial charge in [-0.2, -0.15) is 10.5 Å². The van der Waals surface area contributed by atoms with Gasteiger partial charge < -0.3 is 0 Å². The summed E-state index contributed by atoms with van der Waals surface area (Å²) < 4.78 is 0. The highest BCUT2D eigenvalue weighted by Gasteiger charge is 2.09. The molecule has 2 aromatic heterocycles. The van der Waals surface area contributed by atoms with Crippen LogP contribution < -0.4 is 0 Å². The molecule has 0 bridgehead atoms. The first-order chi connectivity index (χ1) is 10.8. The zero-order chi connectivity index (χ0) is 15.1. The summed E-state index contributed by atoms with van der Waals surface area (Å²) in [6.07, 6.45) is 0. The molecule has 0 aliphatic rings.